The van der Waals surface area contributed by atoms with Gasteiger partial charge in [-0.05, 0) is 6.42 Å². The number of rotatable bonds is 9. The summed E-state index contributed by atoms with van der Waals surface area (Å²) in [5, 5.41) is 10.00. The Morgan fingerprint density at radius 3 is 2.71 bits per heavy atom. The summed E-state index contributed by atoms with van der Waals surface area (Å²) in [5.41, 5.74) is 5.28. The van der Waals surface area contributed by atoms with Crippen molar-refractivity contribution in [2.75, 3.05) is 33.4 Å². The number of nitrogens with two attached hydrogens (primary N) is 1. The van der Waals surface area contributed by atoms with E-state index in [0.29, 0.717) is 32.7 Å². The second kappa shape index (κ2) is 9.89. The minimum absolute atomic E-state index is 0.0915. The van der Waals surface area contributed by atoms with E-state index in [4.69, 9.17) is 15.9 Å². The summed E-state index contributed by atoms with van der Waals surface area (Å²) in [5.74, 6) is 0.0915. The molecule has 100 valence electrons. The number of carbonyl (C=O) groups is 1. The average Bonchev–Trinajstić information content (AvgIpc) is 2.29. The van der Waals surface area contributed by atoms with Gasteiger partial charge in [-0.15, -0.1) is 0 Å². The Labute approximate surface area is 103 Å². The van der Waals surface area contributed by atoms with E-state index in [1.54, 1.807) is 12.0 Å². The Bertz CT molecular complexity index is 234. The van der Waals surface area contributed by atoms with Crippen molar-refractivity contribution in [3.05, 3.63) is 0 Å². The highest BCUT2D eigenvalue weighted by Crippen LogP contribution is 1.94. The molecule has 0 saturated heterocycles. The maximum absolute atomic E-state index is 11.8. The molecule has 0 fully saturated rings. The van der Waals surface area contributed by atoms with Crippen molar-refractivity contribution in [1.82, 2.24) is 10.2 Å². The first kappa shape index (κ1) is 15.7. The van der Waals surface area contributed by atoms with Gasteiger partial charge in [-0.2, -0.15) is 0 Å². The third kappa shape index (κ3) is 8.50. The van der Waals surface area contributed by atoms with Crippen molar-refractivity contribution in [2.45, 2.75) is 26.2 Å². The fraction of sp³-hybridized carbons (Fsp3) is 0.818. The molecule has 0 radical (unpaired) electrons. The summed E-state index contributed by atoms with van der Waals surface area (Å²) in [6.07, 6.45) is 2.41. The molecule has 0 spiro atoms. The third-order valence-corrected chi connectivity index (χ3v) is 2.31. The monoisotopic (exact) mass is 244 g/mol. The van der Waals surface area contributed by atoms with E-state index in [9.17, 15) is 4.79 Å². The molecule has 0 atom stereocenters. The summed E-state index contributed by atoms with van der Waals surface area (Å²) in [6, 6.07) is -0.114. The van der Waals surface area contributed by atoms with Gasteiger partial charge in [0.25, 0.3) is 0 Å². The topological polar surface area (TPSA) is 91.4 Å². The van der Waals surface area contributed by atoms with Gasteiger partial charge in [0.2, 0.25) is 0 Å². The first-order valence-electron chi connectivity index (χ1n) is 5.96. The number of carbonyl (C=O) groups excluding carboxylic acids is 1. The maximum atomic E-state index is 11.8. The van der Waals surface area contributed by atoms with E-state index in [0.717, 1.165) is 12.8 Å². The summed E-state index contributed by atoms with van der Waals surface area (Å²) in [7, 11) is 1.60. The molecule has 6 nitrogen and oxygen atoms in total. The van der Waals surface area contributed by atoms with Crippen LogP contribution in [0.15, 0.2) is 0 Å². The second-order valence-electron chi connectivity index (χ2n) is 3.84. The predicted octanol–water partition coefficient (Wildman–Crippen LogP) is 0.771. The average molecular weight is 244 g/mol. The molecule has 6 heteroatoms. The van der Waals surface area contributed by atoms with Crippen LogP contribution in [0, 0.1) is 5.41 Å². The van der Waals surface area contributed by atoms with Crippen molar-refractivity contribution in [3.8, 4) is 0 Å². The molecule has 0 aliphatic heterocycles. The van der Waals surface area contributed by atoms with Crippen molar-refractivity contribution < 1.29 is 9.53 Å². The molecule has 2 amide bonds. The highest BCUT2D eigenvalue weighted by Gasteiger charge is 2.12. The molecular formula is C11H24N4O2. The van der Waals surface area contributed by atoms with Crippen LogP contribution < -0.4 is 11.1 Å². The number of nitrogens with zero attached hydrogens (tertiary/aromatic N) is 1. The molecule has 0 saturated carbocycles. The molecule has 0 unspecified atom stereocenters. The lowest BCUT2D eigenvalue weighted by molar-refractivity contribution is 0.150. The molecule has 4 N–H and O–H groups in total. The minimum Gasteiger partial charge on any atom is -0.388 e. The van der Waals surface area contributed by atoms with Gasteiger partial charge < -0.3 is 20.7 Å². The Morgan fingerprint density at radius 2 is 2.18 bits per heavy atom. The van der Waals surface area contributed by atoms with Crippen molar-refractivity contribution in [1.29, 1.82) is 5.41 Å². The van der Waals surface area contributed by atoms with E-state index in [1.165, 1.54) is 0 Å². The van der Waals surface area contributed by atoms with E-state index in [1.807, 2.05) is 0 Å². The van der Waals surface area contributed by atoms with Crippen LogP contribution in [0.3, 0.4) is 0 Å². The van der Waals surface area contributed by atoms with Gasteiger partial charge in [0.1, 0.15) is 0 Å². The lowest BCUT2D eigenvalue weighted by Crippen LogP contribution is -2.43. The summed E-state index contributed by atoms with van der Waals surface area (Å²) in [4.78, 5) is 13.4. The number of hydrogen-bond acceptors (Lipinski definition) is 3. The van der Waals surface area contributed by atoms with Gasteiger partial charge in [-0.1, -0.05) is 13.3 Å². The van der Waals surface area contributed by atoms with Gasteiger partial charge >= 0.3 is 6.03 Å². The van der Waals surface area contributed by atoms with E-state index in [2.05, 4.69) is 12.2 Å². The zero-order valence-corrected chi connectivity index (χ0v) is 10.8. The molecule has 0 heterocycles. The fourth-order valence-corrected chi connectivity index (χ4v) is 1.26. The number of hydrogen-bond donors (Lipinski definition) is 3. The second-order valence-corrected chi connectivity index (χ2v) is 3.84. The highest BCUT2D eigenvalue weighted by atomic mass is 16.5. The number of amides is 2. The van der Waals surface area contributed by atoms with Crippen LogP contribution in [0.5, 0.6) is 0 Å². The molecule has 0 bridgehead atoms. The largest absolute Gasteiger partial charge is 0.388 e. The third-order valence-electron chi connectivity index (χ3n) is 2.31. The Kier molecular flexibility index (Phi) is 9.14. The molecular weight excluding hydrogens is 220 g/mol. The Balaban J connectivity index is 4.04. The predicted molar refractivity (Wildman–Crippen MR) is 68.3 cm³/mol. The smallest absolute Gasteiger partial charge is 0.317 e. The minimum atomic E-state index is -0.114. The molecule has 17 heavy (non-hydrogen) atoms. The van der Waals surface area contributed by atoms with Gasteiger partial charge in [-0.3, -0.25) is 5.41 Å². The van der Waals surface area contributed by atoms with E-state index >= 15 is 0 Å². The summed E-state index contributed by atoms with van der Waals surface area (Å²) < 4.78 is 4.95. The standard InChI is InChI=1S/C11H24N4O2/c1-3-4-6-14-11(16)15(8-9-17-2)7-5-10(12)13/h3-9H2,1-2H3,(H3,12,13)(H,14,16). The molecule has 0 aromatic carbocycles. The number of ether oxygens (including phenoxy) is 1. The van der Waals surface area contributed by atoms with Gasteiger partial charge in [-0.25, -0.2) is 4.79 Å². The van der Waals surface area contributed by atoms with Crippen LogP contribution in [0.4, 0.5) is 4.79 Å². The van der Waals surface area contributed by atoms with Crippen LogP contribution in [0.25, 0.3) is 0 Å². The lowest BCUT2D eigenvalue weighted by Gasteiger charge is -2.22. The first-order valence-corrected chi connectivity index (χ1v) is 5.96. The van der Waals surface area contributed by atoms with E-state index in [-0.39, 0.29) is 11.9 Å². The maximum Gasteiger partial charge on any atom is 0.317 e. The molecule has 0 rings (SSSR count). The normalized spacial score (nSPS) is 10.0. The summed E-state index contributed by atoms with van der Waals surface area (Å²) >= 11 is 0. The van der Waals surface area contributed by atoms with Crippen molar-refractivity contribution >= 4 is 11.9 Å². The molecule has 0 aliphatic carbocycles. The van der Waals surface area contributed by atoms with Crippen LogP contribution in [0.2, 0.25) is 0 Å². The number of urea groups is 1. The summed E-state index contributed by atoms with van der Waals surface area (Å²) in [6.45, 7) is 4.21. The quantitative estimate of drug-likeness (QED) is 0.318. The number of unbranched alkanes of at least 4 members (excludes halogenated alkanes) is 1. The fourth-order valence-electron chi connectivity index (χ4n) is 1.26. The molecule has 0 aromatic rings. The van der Waals surface area contributed by atoms with Crippen molar-refractivity contribution in [2.24, 2.45) is 5.73 Å². The zero-order valence-electron chi connectivity index (χ0n) is 10.8. The van der Waals surface area contributed by atoms with Crippen LogP contribution in [-0.2, 0) is 4.74 Å². The van der Waals surface area contributed by atoms with Crippen LogP contribution >= 0.6 is 0 Å². The van der Waals surface area contributed by atoms with Gasteiger partial charge in [0.05, 0.1) is 12.4 Å². The molecule has 0 aliphatic rings. The zero-order chi connectivity index (χ0) is 13.1. The first-order chi connectivity index (χ1) is 8.11. The lowest BCUT2D eigenvalue weighted by atomic mass is 10.3. The van der Waals surface area contributed by atoms with E-state index < -0.39 is 0 Å². The number of methoxy groups -OCH3 is 1. The van der Waals surface area contributed by atoms with Crippen LogP contribution in [-0.4, -0.2) is 50.1 Å². The van der Waals surface area contributed by atoms with Gasteiger partial charge in [0.15, 0.2) is 0 Å². The number of amidine groups is 1. The van der Waals surface area contributed by atoms with Crippen molar-refractivity contribution in [3.63, 3.8) is 0 Å². The van der Waals surface area contributed by atoms with Gasteiger partial charge in [0, 0.05) is 33.2 Å². The molecule has 0 aromatic heterocycles. The Hall–Kier alpha value is -1.30. The highest BCUT2D eigenvalue weighted by molar-refractivity contribution is 5.78. The SMILES string of the molecule is CCCCNC(=O)N(CCOC)CCC(=N)N. The van der Waals surface area contributed by atoms with Crippen LogP contribution in [0.1, 0.15) is 26.2 Å². The number of nitrogens with one attached hydrogen (secondary N) is 2. The Morgan fingerprint density at radius 1 is 1.47 bits per heavy atom.